The molecular formula is C16H19NO2. The molecular weight excluding hydrogens is 238 g/mol. The summed E-state index contributed by atoms with van der Waals surface area (Å²) in [6.07, 6.45) is 1.15. The van der Waals surface area contributed by atoms with E-state index in [0.717, 1.165) is 25.3 Å². The number of nitrogens with zero attached hydrogens (tertiary/aromatic N) is 1. The topological polar surface area (TPSA) is 36.6 Å². The van der Waals surface area contributed by atoms with E-state index in [4.69, 9.17) is 9.52 Å². The lowest BCUT2D eigenvalue weighted by Gasteiger charge is -2.34. The molecule has 1 aromatic carbocycles. The van der Waals surface area contributed by atoms with Gasteiger partial charge in [0.1, 0.15) is 18.1 Å². The van der Waals surface area contributed by atoms with Gasteiger partial charge in [-0.05, 0) is 36.1 Å². The molecule has 1 aliphatic rings. The first-order valence-electron chi connectivity index (χ1n) is 6.77. The van der Waals surface area contributed by atoms with Gasteiger partial charge in [0.15, 0.2) is 0 Å². The first kappa shape index (κ1) is 12.3. The lowest BCUT2D eigenvalue weighted by atomic mass is 9.94. The van der Waals surface area contributed by atoms with Crippen LogP contribution in [-0.2, 0) is 19.6 Å². The highest BCUT2D eigenvalue weighted by atomic mass is 16.4. The Morgan fingerprint density at radius 2 is 2.00 bits per heavy atom. The molecule has 0 radical (unpaired) electrons. The Morgan fingerprint density at radius 1 is 1.21 bits per heavy atom. The number of furan rings is 1. The summed E-state index contributed by atoms with van der Waals surface area (Å²) >= 11 is 0. The van der Waals surface area contributed by atoms with Crippen LogP contribution in [0.4, 0.5) is 5.69 Å². The van der Waals surface area contributed by atoms with Gasteiger partial charge in [0.2, 0.25) is 0 Å². The molecule has 2 heterocycles. The maximum Gasteiger partial charge on any atom is 0.129 e. The zero-order chi connectivity index (χ0) is 13.2. The van der Waals surface area contributed by atoms with Gasteiger partial charge in [0, 0.05) is 12.2 Å². The van der Waals surface area contributed by atoms with Crippen LogP contribution in [0.1, 0.15) is 24.0 Å². The molecule has 0 spiro atoms. The fraction of sp³-hybridized carbons (Fsp3) is 0.375. The van der Waals surface area contributed by atoms with Crippen LogP contribution in [0.5, 0.6) is 0 Å². The molecule has 1 unspecified atom stereocenters. The normalized spacial score (nSPS) is 18.4. The van der Waals surface area contributed by atoms with E-state index in [0.29, 0.717) is 11.7 Å². The second kappa shape index (κ2) is 5.10. The minimum atomic E-state index is -0.0347. The maximum absolute atomic E-state index is 9.05. The number of aliphatic hydroxyl groups excluding tert-OH is 1. The Kier molecular flexibility index (Phi) is 3.30. The summed E-state index contributed by atoms with van der Waals surface area (Å²) in [6.45, 7) is 4.06. The standard InChI is InChI=1S/C16H19NO2/c1-12-8-13-4-2-3-5-16(13)17(9-12)10-14-6-7-15(11-18)19-14/h2-7,12,18H,8-11H2,1H3. The lowest BCUT2D eigenvalue weighted by Crippen LogP contribution is -2.33. The third-order valence-electron chi connectivity index (χ3n) is 3.65. The number of para-hydroxylation sites is 1. The molecule has 1 aromatic heterocycles. The Hall–Kier alpha value is -1.74. The Bertz CT molecular complexity index is 561. The van der Waals surface area contributed by atoms with Crippen LogP contribution in [0.25, 0.3) is 0 Å². The SMILES string of the molecule is CC1Cc2ccccc2N(Cc2ccc(CO)o2)C1. The molecule has 3 heteroatoms. The number of rotatable bonds is 3. The van der Waals surface area contributed by atoms with Crippen molar-refractivity contribution in [2.45, 2.75) is 26.5 Å². The molecule has 19 heavy (non-hydrogen) atoms. The van der Waals surface area contributed by atoms with Crippen LogP contribution in [0.2, 0.25) is 0 Å². The van der Waals surface area contributed by atoms with E-state index < -0.39 is 0 Å². The zero-order valence-corrected chi connectivity index (χ0v) is 11.2. The van der Waals surface area contributed by atoms with Crippen LogP contribution in [0, 0.1) is 5.92 Å². The predicted molar refractivity (Wildman–Crippen MR) is 75.0 cm³/mol. The van der Waals surface area contributed by atoms with Gasteiger partial charge in [-0.3, -0.25) is 0 Å². The summed E-state index contributed by atoms with van der Waals surface area (Å²) < 4.78 is 5.59. The first-order valence-corrected chi connectivity index (χ1v) is 6.77. The van der Waals surface area contributed by atoms with Crippen LogP contribution in [0.15, 0.2) is 40.8 Å². The van der Waals surface area contributed by atoms with Gasteiger partial charge in [-0.15, -0.1) is 0 Å². The van der Waals surface area contributed by atoms with E-state index >= 15 is 0 Å². The fourth-order valence-corrected chi connectivity index (χ4v) is 2.84. The molecule has 0 saturated heterocycles. The van der Waals surface area contributed by atoms with Crippen molar-refractivity contribution >= 4 is 5.69 Å². The summed E-state index contributed by atoms with van der Waals surface area (Å²) in [7, 11) is 0. The molecule has 0 bridgehead atoms. The molecule has 100 valence electrons. The van der Waals surface area contributed by atoms with Gasteiger partial charge in [-0.25, -0.2) is 0 Å². The Morgan fingerprint density at radius 3 is 2.79 bits per heavy atom. The summed E-state index contributed by atoms with van der Waals surface area (Å²) in [5.41, 5.74) is 2.72. The third kappa shape index (κ3) is 2.51. The lowest BCUT2D eigenvalue weighted by molar-refractivity contribution is 0.243. The molecule has 3 rings (SSSR count). The number of benzene rings is 1. The minimum absolute atomic E-state index is 0.0347. The van der Waals surface area contributed by atoms with E-state index in [1.54, 1.807) is 0 Å². The third-order valence-corrected chi connectivity index (χ3v) is 3.65. The number of hydrogen-bond acceptors (Lipinski definition) is 3. The van der Waals surface area contributed by atoms with Gasteiger partial charge < -0.3 is 14.4 Å². The summed E-state index contributed by atoms with van der Waals surface area (Å²) in [6, 6.07) is 12.4. The van der Waals surface area contributed by atoms with E-state index in [-0.39, 0.29) is 6.61 Å². The van der Waals surface area contributed by atoms with Crippen LogP contribution in [0.3, 0.4) is 0 Å². The highest BCUT2D eigenvalue weighted by Crippen LogP contribution is 2.30. The van der Waals surface area contributed by atoms with Crippen LogP contribution < -0.4 is 4.90 Å². The van der Waals surface area contributed by atoms with E-state index in [1.165, 1.54) is 11.3 Å². The maximum atomic E-state index is 9.05. The molecule has 2 aromatic rings. The quantitative estimate of drug-likeness (QED) is 0.918. The number of anilines is 1. The minimum Gasteiger partial charge on any atom is -0.462 e. The Labute approximate surface area is 113 Å². The van der Waals surface area contributed by atoms with Gasteiger partial charge in [0.25, 0.3) is 0 Å². The van der Waals surface area contributed by atoms with Crippen molar-refractivity contribution in [1.82, 2.24) is 0 Å². The molecule has 1 N–H and O–H groups in total. The molecule has 3 nitrogen and oxygen atoms in total. The Balaban J connectivity index is 1.84. The van der Waals surface area contributed by atoms with Gasteiger partial charge in [-0.1, -0.05) is 25.1 Å². The summed E-state index contributed by atoms with van der Waals surface area (Å²) in [4.78, 5) is 2.36. The van der Waals surface area contributed by atoms with Gasteiger partial charge >= 0.3 is 0 Å². The predicted octanol–water partition coefficient (Wildman–Crippen LogP) is 2.97. The number of fused-ring (bicyclic) bond motifs is 1. The van der Waals surface area contributed by atoms with Crippen LogP contribution in [-0.4, -0.2) is 11.7 Å². The number of hydrogen-bond donors (Lipinski definition) is 1. The van der Waals surface area contributed by atoms with Crippen molar-refractivity contribution in [1.29, 1.82) is 0 Å². The van der Waals surface area contributed by atoms with Crippen LogP contribution >= 0.6 is 0 Å². The summed E-state index contributed by atoms with van der Waals surface area (Å²) in [5.74, 6) is 2.20. The first-order chi connectivity index (χ1) is 9.26. The van der Waals surface area contributed by atoms with E-state index in [1.807, 2.05) is 12.1 Å². The van der Waals surface area contributed by atoms with E-state index in [2.05, 4.69) is 36.1 Å². The smallest absolute Gasteiger partial charge is 0.129 e. The highest BCUT2D eigenvalue weighted by molar-refractivity contribution is 5.55. The largest absolute Gasteiger partial charge is 0.462 e. The average Bonchev–Trinajstić information content (AvgIpc) is 2.86. The molecule has 1 atom stereocenters. The van der Waals surface area contributed by atoms with Crippen molar-refractivity contribution in [3.63, 3.8) is 0 Å². The molecule has 1 aliphatic heterocycles. The monoisotopic (exact) mass is 257 g/mol. The van der Waals surface area contributed by atoms with Crippen molar-refractivity contribution < 1.29 is 9.52 Å². The van der Waals surface area contributed by atoms with Crippen molar-refractivity contribution in [3.8, 4) is 0 Å². The molecule has 0 amide bonds. The number of aliphatic hydroxyl groups is 1. The average molecular weight is 257 g/mol. The second-order valence-electron chi connectivity index (χ2n) is 5.34. The van der Waals surface area contributed by atoms with Gasteiger partial charge in [-0.2, -0.15) is 0 Å². The fourth-order valence-electron chi connectivity index (χ4n) is 2.84. The molecule has 0 fully saturated rings. The molecule has 0 saturated carbocycles. The van der Waals surface area contributed by atoms with Gasteiger partial charge in [0.05, 0.1) is 6.54 Å². The van der Waals surface area contributed by atoms with Crippen molar-refractivity contribution in [3.05, 3.63) is 53.5 Å². The van der Waals surface area contributed by atoms with E-state index in [9.17, 15) is 0 Å². The highest BCUT2D eigenvalue weighted by Gasteiger charge is 2.22. The zero-order valence-electron chi connectivity index (χ0n) is 11.2. The second-order valence-corrected chi connectivity index (χ2v) is 5.34. The molecule has 0 aliphatic carbocycles. The van der Waals surface area contributed by atoms with Crippen molar-refractivity contribution in [2.24, 2.45) is 5.92 Å². The van der Waals surface area contributed by atoms with Crippen molar-refractivity contribution in [2.75, 3.05) is 11.4 Å². The summed E-state index contributed by atoms with van der Waals surface area (Å²) in [5, 5.41) is 9.05.